The van der Waals surface area contributed by atoms with E-state index in [1.165, 1.54) is 0 Å². The van der Waals surface area contributed by atoms with Crippen molar-refractivity contribution in [2.75, 3.05) is 18.4 Å². The van der Waals surface area contributed by atoms with E-state index in [-0.39, 0.29) is 0 Å². The predicted molar refractivity (Wildman–Crippen MR) is 47.5 cm³/mol. The molecule has 10 heteroatoms. The largest absolute Gasteiger partial charge is 0.471 e. The second-order valence-corrected chi connectivity index (χ2v) is 3.51. The quantitative estimate of drug-likeness (QED) is 0.583. The lowest BCUT2D eigenvalue weighted by Crippen LogP contribution is -2.48. The number of rotatable bonds is 4. The summed E-state index contributed by atoms with van der Waals surface area (Å²) in [5, 5.41) is -0.438. The molecule has 0 atom stereocenters. The summed E-state index contributed by atoms with van der Waals surface area (Å²) in [6.07, 6.45) is -10.5. The van der Waals surface area contributed by atoms with Crippen molar-refractivity contribution in [3.05, 3.63) is 0 Å². The lowest BCUT2D eigenvalue weighted by Gasteiger charge is -2.23. The van der Waals surface area contributed by atoms with Gasteiger partial charge in [0.05, 0.1) is 11.9 Å². The molecule has 0 rings (SSSR count). The van der Waals surface area contributed by atoms with E-state index in [0.717, 1.165) is 0 Å². The Morgan fingerprint density at radius 3 is 1.82 bits per heavy atom. The summed E-state index contributed by atoms with van der Waals surface area (Å²) in [6.45, 7) is -3.37. The third-order valence-corrected chi connectivity index (χ3v) is 2.04. The monoisotopic (exact) mass is 329 g/mol. The minimum Gasteiger partial charge on any atom is -0.318 e. The summed E-state index contributed by atoms with van der Waals surface area (Å²) in [4.78, 5) is 20.8. The molecule has 1 amide bonds. The molecule has 3 nitrogen and oxygen atoms in total. The number of hydrogen-bond donors (Lipinski definition) is 0. The Bertz CT molecular complexity index is 300. The summed E-state index contributed by atoms with van der Waals surface area (Å²) < 4.78 is 71.6. The highest BCUT2D eigenvalue weighted by molar-refractivity contribution is 9.09. The molecular formula is C7H6BrF6NO2. The normalized spacial score (nSPS) is 12.4. The van der Waals surface area contributed by atoms with Gasteiger partial charge in [0.1, 0.15) is 6.54 Å². The molecule has 0 aromatic heterocycles. The van der Waals surface area contributed by atoms with Crippen LogP contribution in [0.15, 0.2) is 0 Å². The number of carbonyl (C=O) groups is 2. The van der Waals surface area contributed by atoms with Gasteiger partial charge in [-0.25, -0.2) is 0 Å². The molecule has 0 bridgehead atoms. The Morgan fingerprint density at radius 2 is 1.53 bits per heavy atom. The van der Waals surface area contributed by atoms with E-state index in [4.69, 9.17) is 0 Å². The van der Waals surface area contributed by atoms with Gasteiger partial charge in [0.25, 0.3) is 0 Å². The van der Waals surface area contributed by atoms with Crippen molar-refractivity contribution >= 4 is 27.6 Å². The molecule has 100 valence electrons. The molecule has 0 aliphatic rings. The number of nitrogens with zero attached hydrogens (tertiary/aromatic N) is 1. The summed E-state index contributed by atoms with van der Waals surface area (Å²) in [5.41, 5.74) is 0. The number of carbonyl (C=O) groups excluding carboxylic acids is 2. The average Bonchev–Trinajstić information content (AvgIpc) is 2.11. The summed E-state index contributed by atoms with van der Waals surface area (Å²) in [6, 6.07) is 0. The van der Waals surface area contributed by atoms with Crippen molar-refractivity contribution in [2.24, 2.45) is 0 Å². The van der Waals surface area contributed by atoms with E-state index in [1.54, 1.807) is 0 Å². The van der Waals surface area contributed by atoms with Crippen LogP contribution in [0.25, 0.3) is 0 Å². The summed E-state index contributed by atoms with van der Waals surface area (Å²) in [7, 11) is 0. The predicted octanol–water partition coefficient (Wildman–Crippen LogP) is 1.90. The minimum absolute atomic E-state index is 0.438. The van der Waals surface area contributed by atoms with Crippen LogP contribution in [0.5, 0.6) is 0 Å². The first-order valence-electron chi connectivity index (χ1n) is 3.98. The lowest BCUT2D eigenvalue weighted by molar-refractivity contribution is -0.198. The molecule has 0 N–H and O–H groups in total. The molecule has 0 saturated carbocycles. The average molecular weight is 330 g/mol. The number of halogens is 7. The molecule has 0 heterocycles. The second-order valence-electron chi connectivity index (χ2n) is 2.95. The molecule has 0 radical (unpaired) electrons. The van der Waals surface area contributed by atoms with Crippen LogP contribution in [0.3, 0.4) is 0 Å². The zero-order valence-corrected chi connectivity index (χ0v) is 9.62. The van der Waals surface area contributed by atoms with Crippen LogP contribution in [0.4, 0.5) is 26.3 Å². The second kappa shape index (κ2) is 5.69. The van der Waals surface area contributed by atoms with Crippen LogP contribution in [-0.4, -0.2) is 47.4 Å². The Balaban J connectivity index is 4.86. The fourth-order valence-electron chi connectivity index (χ4n) is 0.850. The van der Waals surface area contributed by atoms with Crippen LogP contribution in [0.2, 0.25) is 0 Å². The van der Waals surface area contributed by atoms with Gasteiger partial charge in [-0.2, -0.15) is 26.3 Å². The minimum atomic E-state index is -5.45. The molecular weight excluding hydrogens is 324 g/mol. The molecule has 0 aromatic carbocycles. The van der Waals surface area contributed by atoms with Crippen molar-refractivity contribution in [1.82, 2.24) is 4.90 Å². The van der Waals surface area contributed by atoms with Crippen LogP contribution in [0.1, 0.15) is 0 Å². The van der Waals surface area contributed by atoms with E-state index in [0.29, 0.717) is 0 Å². The zero-order valence-electron chi connectivity index (χ0n) is 8.03. The number of Topliss-reactive ketones (excluding diaryl/α,β-unsaturated/α-hetero) is 1. The zero-order chi connectivity index (χ0) is 13.9. The fraction of sp³-hybridized carbons (Fsp3) is 0.714. The van der Waals surface area contributed by atoms with Crippen molar-refractivity contribution in [2.45, 2.75) is 12.4 Å². The standard InChI is InChI=1S/C7H6BrF6NO2/c8-1-4(16)2-15(3-6(9,10)11)5(17)7(12,13)14/h1-3H2. The molecule has 0 unspecified atom stereocenters. The maximum atomic E-state index is 11.9. The van der Waals surface area contributed by atoms with E-state index >= 15 is 0 Å². The van der Waals surface area contributed by atoms with E-state index < -0.39 is 47.4 Å². The highest BCUT2D eigenvalue weighted by Gasteiger charge is 2.46. The van der Waals surface area contributed by atoms with E-state index in [1.807, 2.05) is 0 Å². The van der Waals surface area contributed by atoms with E-state index in [9.17, 15) is 35.9 Å². The maximum Gasteiger partial charge on any atom is 0.471 e. The molecule has 0 aliphatic carbocycles. The Labute approximate surface area is 99.9 Å². The van der Waals surface area contributed by atoms with Crippen LogP contribution in [-0.2, 0) is 9.59 Å². The van der Waals surface area contributed by atoms with E-state index in [2.05, 4.69) is 15.9 Å². The van der Waals surface area contributed by atoms with Crippen molar-refractivity contribution in [3.8, 4) is 0 Å². The van der Waals surface area contributed by atoms with Crippen LogP contribution < -0.4 is 0 Å². The Morgan fingerprint density at radius 1 is 1.06 bits per heavy atom. The van der Waals surface area contributed by atoms with Crippen molar-refractivity contribution in [3.63, 3.8) is 0 Å². The molecule has 0 aliphatic heterocycles. The Kier molecular flexibility index (Phi) is 5.43. The molecule has 0 saturated heterocycles. The first-order chi connectivity index (χ1) is 7.47. The maximum absolute atomic E-state index is 11.9. The van der Waals surface area contributed by atoms with Gasteiger partial charge < -0.3 is 4.90 Å². The number of amides is 1. The SMILES string of the molecule is O=C(CBr)CN(CC(F)(F)F)C(=O)C(F)(F)F. The third-order valence-electron chi connectivity index (χ3n) is 1.42. The first-order valence-corrected chi connectivity index (χ1v) is 5.10. The highest BCUT2D eigenvalue weighted by Crippen LogP contribution is 2.22. The summed E-state index contributed by atoms with van der Waals surface area (Å²) >= 11 is 2.57. The topological polar surface area (TPSA) is 37.4 Å². The van der Waals surface area contributed by atoms with Gasteiger partial charge in [0.2, 0.25) is 0 Å². The van der Waals surface area contributed by atoms with Gasteiger partial charge in [-0.15, -0.1) is 0 Å². The van der Waals surface area contributed by atoms with Gasteiger partial charge >= 0.3 is 18.3 Å². The molecule has 0 spiro atoms. The number of hydrogen-bond acceptors (Lipinski definition) is 2. The smallest absolute Gasteiger partial charge is 0.318 e. The Hall–Kier alpha value is -0.800. The number of ketones is 1. The highest BCUT2D eigenvalue weighted by atomic mass is 79.9. The third kappa shape index (κ3) is 6.49. The van der Waals surface area contributed by atoms with Gasteiger partial charge in [0.15, 0.2) is 5.78 Å². The van der Waals surface area contributed by atoms with Crippen LogP contribution >= 0.6 is 15.9 Å². The number of alkyl halides is 7. The van der Waals surface area contributed by atoms with Crippen LogP contribution in [0, 0.1) is 0 Å². The lowest BCUT2D eigenvalue weighted by atomic mass is 10.3. The van der Waals surface area contributed by atoms with Crippen molar-refractivity contribution in [1.29, 1.82) is 0 Å². The first kappa shape index (κ1) is 16.2. The van der Waals surface area contributed by atoms with Gasteiger partial charge in [-0.05, 0) is 0 Å². The van der Waals surface area contributed by atoms with Gasteiger partial charge in [-0.3, -0.25) is 9.59 Å². The molecule has 17 heavy (non-hydrogen) atoms. The van der Waals surface area contributed by atoms with Gasteiger partial charge in [-0.1, -0.05) is 15.9 Å². The molecule has 0 aromatic rings. The fourth-order valence-corrected chi connectivity index (χ4v) is 1.03. The molecule has 0 fully saturated rings. The van der Waals surface area contributed by atoms with Gasteiger partial charge in [0, 0.05) is 0 Å². The van der Waals surface area contributed by atoms with Crippen molar-refractivity contribution < 1.29 is 35.9 Å². The summed E-state index contributed by atoms with van der Waals surface area (Å²) in [5.74, 6) is -3.66.